The molecule has 0 amide bonds. The molecule has 0 saturated carbocycles. The van der Waals surface area contributed by atoms with Crippen molar-refractivity contribution in [3.63, 3.8) is 0 Å². The van der Waals surface area contributed by atoms with Crippen LogP contribution in [0.25, 0.3) is 22.2 Å². The summed E-state index contributed by atoms with van der Waals surface area (Å²) in [5, 5.41) is 13.5. The Hall–Kier alpha value is -4.05. The summed E-state index contributed by atoms with van der Waals surface area (Å²) in [5.41, 5.74) is 2.23. The number of hydrogen-bond donors (Lipinski definition) is 3. The molecular weight excluding hydrogens is 342 g/mol. The lowest BCUT2D eigenvalue weighted by Crippen LogP contribution is -2.16. The van der Waals surface area contributed by atoms with Crippen molar-refractivity contribution in [3.8, 4) is 23.1 Å². The molecular formula is C20H15N5O2. The van der Waals surface area contributed by atoms with Gasteiger partial charge in [0, 0.05) is 28.4 Å². The van der Waals surface area contributed by atoms with Crippen molar-refractivity contribution in [2.45, 2.75) is 0 Å². The number of benzene rings is 2. The highest BCUT2D eigenvalue weighted by Crippen LogP contribution is 2.24. The Labute approximate surface area is 154 Å². The van der Waals surface area contributed by atoms with E-state index in [0.717, 1.165) is 16.6 Å². The number of nitrogens with zero attached hydrogens (tertiary/aromatic N) is 2. The highest BCUT2D eigenvalue weighted by atomic mass is 16.5. The first kappa shape index (κ1) is 16.4. The monoisotopic (exact) mass is 357 g/mol. The van der Waals surface area contributed by atoms with Gasteiger partial charge >= 0.3 is 0 Å². The number of fused-ring (bicyclic) bond motifs is 1. The molecule has 0 saturated heterocycles. The number of methoxy groups -OCH3 is 1. The number of hydrogen-bond acceptors (Lipinski definition) is 5. The quantitative estimate of drug-likeness (QED) is 0.518. The Morgan fingerprint density at radius 1 is 1.15 bits per heavy atom. The number of rotatable bonds is 4. The maximum absolute atomic E-state index is 12.4. The minimum Gasteiger partial charge on any atom is -0.497 e. The molecule has 0 unspecified atom stereocenters. The second-order valence-electron chi connectivity index (χ2n) is 5.88. The minimum atomic E-state index is -0.497. The van der Waals surface area contributed by atoms with E-state index in [0.29, 0.717) is 17.0 Å². The summed E-state index contributed by atoms with van der Waals surface area (Å²) in [6.07, 6.45) is 1.86. The molecule has 0 bridgehead atoms. The van der Waals surface area contributed by atoms with E-state index >= 15 is 0 Å². The Kier molecular flexibility index (Phi) is 4.07. The first-order chi connectivity index (χ1) is 13.2. The van der Waals surface area contributed by atoms with Crippen LogP contribution in [0.1, 0.15) is 5.56 Å². The predicted octanol–water partition coefficient (Wildman–Crippen LogP) is 3.54. The number of aromatic amines is 2. The van der Waals surface area contributed by atoms with Crippen molar-refractivity contribution in [2.24, 2.45) is 0 Å². The number of aromatic nitrogens is 3. The van der Waals surface area contributed by atoms with Gasteiger partial charge in [0.25, 0.3) is 5.56 Å². The summed E-state index contributed by atoms with van der Waals surface area (Å²) in [5.74, 6) is 0.944. The van der Waals surface area contributed by atoms with Crippen molar-refractivity contribution in [3.05, 3.63) is 70.6 Å². The van der Waals surface area contributed by atoms with Crippen LogP contribution in [0.5, 0.6) is 5.75 Å². The molecule has 0 spiro atoms. The van der Waals surface area contributed by atoms with Gasteiger partial charge in [0.05, 0.1) is 12.8 Å². The Balaban J connectivity index is 1.76. The van der Waals surface area contributed by atoms with E-state index < -0.39 is 5.56 Å². The summed E-state index contributed by atoms with van der Waals surface area (Å²) in [6.45, 7) is 0. The Bertz CT molecular complexity index is 1220. The van der Waals surface area contributed by atoms with Crippen LogP contribution in [-0.2, 0) is 0 Å². The van der Waals surface area contributed by atoms with Gasteiger partial charge in [-0.05, 0) is 48.5 Å². The molecule has 0 aliphatic heterocycles. The van der Waals surface area contributed by atoms with Gasteiger partial charge in [-0.2, -0.15) is 5.26 Å². The van der Waals surface area contributed by atoms with Crippen molar-refractivity contribution in [1.29, 1.82) is 5.26 Å². The lowest BCUT2D eigenvalue weighted by Gasteiger charge is -2.09. The third kappa shape index (κ3) is 3.12. The van der Waals surface area contributed by atoms with Gasteiger partial charge in [-0.1, -0.05) is 0 Å². The summed E-state index contributed by atoms with van der Waals surface area (Å²) in [7, 11) is 1.57. The standard InChI is InChI=1S/C20H15N5O2/c1-27-15-5-2-12(3-6-15)18-16(11-21)19(26)25-20(24-18)23-14-4-7-17-13(10-14)8-9-22-17/h2-10,22H,1H3,(H2,23,24,25,26). The number of H-pyrrole nitrogens is 2. The Morgan fingerprint density at radius 3 is 2.70 bits per heavy atom. The van der Waals surface area contributed by atoms with Crippen molar-refractivity contribution < 1.29 is 4.74 Å². The summed E-state index contributed by atoms with van der Waals surface area (Å²) in [6, 6.07) is 16.7. The second kappa shape index (κ2) is 6.69. The van der Waals surface area contributed by atoms with E-state index in [1.54, 1.807) is 31.4 Å². The lowest BCUT2D eigenvalue weighted by molar-refractivity contribution is 0.415. The van der Waals surface area contributed by atoms with Gasteiger partial charge in [0.15, 0.2) is 0 Å². The molecule has 0 aliphatic carbocycles. The zero-order valence-electron chi connectivity index (χ0n) is 14.4. The molecule has 27 heavy (non-hydrogen) atoms. The molecule has 7 nitrogen and oxygen atoms in total. The van der Waals surface area contributed by atoms with Crippen LogP contribution in [0.3, 0.4) is 0 Å². The van der Waals surface area contributed by atoms with Gasteiger partial charge in [-0.15, -0.1) is 0 Å². The lowest BCUT2D eigenvalue weighted by atomic mass is 10.1. The van der Waals surface area contributed by atoms with Gasteiger partial charge in [0.2, 0.25) is 5.95 Å². The zero-order chi connectivity index (χ0) is 18.8. The van der Waals surface area contributed by atoms with Crippen LogP contribution in [0.2, 0.25) is 0 Å². The van der Waals surface area contributed by atoms with Crippen molar-refractivity contribution in [2.75, 3.05) is 12.4 Å². The largest absolute Gasteiger partial charge is 0.497 e. The van der Waals surface area contributed by atoms with E-state index in [1.807, 2.05) is 36.5 Å². The smallest absolute Gasteiger partial charge is 0.270 e. The average Bonchev–Trinajstić information content (AvgIpc) is 3.15. The van der Waals surface area contributed by atoms with E-state index in [-0.39, 0.29) is 11.5 Å². The van der Waals surface area contributed by atoms with Gasteiger partial charge in [-0.25, -0.2) is 4.98 Å². The van der Waals surface area contributed by atoms with Crippen LogP contribution in [0.4, 0.5) is 11.6 Å². The maximum atomic E-state index is 12.4. The SMILES string of the molecule is COc1ccc(-c2nc(Nc3ccc4[nH]ccc4c3)[nH]c(=O)c2C#N)cc1. The molecule has 0 atom stereocenters. The van der Waals surface area contributed by atoms with E-state index in [1.165, 1.54) is 0 Å². The van der Waals surface area contributed by atoms with Gasteiger partial charge in [-0.3, -0.25) is 9.78 Å². The second-order valence-corrected chi connectivity index (χ2v) is 5.88. The minimum absolute atomic E-state index is 0.0354. The highest BCUT2D eigenvalue weighted by molar-refractivity contribution is 5.83. The third-order valence-electron chi connectivity index (χ3n) is 4.21. The van der Waals surface area contributed by atoms with Crippen molar-refractivity contribution >= 4 is 22.5 Å². The van der Waals surface area contributed by atoms with Crippen LogP contribution in [0.15, 0.2) is 59.5 Å². The maximum Gasteiger partial charge on any atom is 0.270 e. The molecule has 0 fully saturated rings. The van der Waals surface area contributed by atoms with E-state index in [4.69, 9.17) is 4.74 Å². The third-order valence-corrected chi connectivity index (χ3v) is 4.21. The molecule has 0 aliphatic rings. The summed E-state index contributed by atoms with van der Waals surface area (Å²) >= 11 is 0. The fourth-order valence-corrected chi connectivity index (χ4v) is 2.86. The summed E-state index contributed by atoms with van der Waals surface area (Å²) < 4.78 is 5.15. The average molecular weight is 357 g/mol. The first-order valence-electron chi connectivity index (χ1n) is 8.21. The van der Waals surface area contributed by atoms with E-state index in [2.05, 4.69) is 20.3 Å². The molecule has 132 valence electrons. The fourth-order valence-electron chi connectivity index (χ4n) is 2.86. The summed E-state index contributed by atoms with van der Waals surface area (Å²) in [4.78, 5) is 22.6. The topological polar surface area (TPSA) is 107 Å². The molecule has 2 heterocycles. The number of nitriles is 1. The number of ether oxygens (including phenoxy) is 1. The normalized spacial score (nSPS) is 10.5. The fraction of sp³-hybridized carbons (Fsp3) is 0.0500. The molecule has 3 N–H and O–H groups in total. The molecule has 2 aromatic heterocycles. The zero-order valence-corrected chi connectivity index (χ0v) is 14.4. The molecule has 4 rings (SSSR count). The van der Waals surface area contributed by atoms with Crippen LogP contribution in [0, 0.1) is 11.3 Å². The number of anilines is 2. The van der Waals surface area contributed by atoms with Crippen LogP contribution < -0.4 is 15.6 Å². The van der Waals surface area contributed by atoms with Crippen LogP contribution in [-0.4, -0.2) is 22.1 Å². The van der Waals surface area contributed by atoms with Crippen LogP contribution >= 0.6 is 0 Å². The molecule has 0 radical (unpaired) electrons. The van der Waals surface area contributed by atoms with Crippen molar-refractivity contribution in [1.82, 2.24) is 15.0 Å². The number of nitrogens with one attached hydrogen (secondary N) is 3. The Morgan fingerprint density at radius 2 is 1.96 bits per heavy atom. The predicted molar refractivity (Wildman–Crippen MR) is 103 cm³/mol. The van der Waals surface area contributed by atoms with Gasteiger partial charge in [0.1, 0.15) is 17.4 Å². The van der Waals surface area contributed by atoms with Gasteiger partial charge < -0.3 is 15.0 Å². The molecule has 4 aromatic rings. The molecule has 7 heteroatoms. The van der Waals surface area contributed by atoms with E-state index in [9.17, 15) is 10.1 Å². The molecule has 2 aromatic carbocycles. The highest BCUT2D eigenvalue weighted by Gasteiger charge is 2.14. The first-order valence-corrected chi connectivity index (χ1v) is 8.21.